The van der Waals surface area contributed by atoms with E-state index < -0.39 is 0 Å². The summed E-state index contributed by atoms with van der Waals surface area (Å²) in [4.78, 5) is 3.45. The van der Waals surface area contributed by atoms with Crippen LogP contribution in [0.25, 0.3) is 10.9 Å². The van der Waals surface area contributed by atoms with Gasteiger partial charge in [0.2, 0.25) is 0 Å². The van der Waals surface area contributed by atoms with Crippen LogP contribution in [-0.4, -0.2) is 11.0 Å². The van der Waals surface area contributed by atoms with Crippen LogP contribution in [0.15, 0.2) is 55.3 Å². The van der Waals surface area contributed by atoms with Gasteiger partial charge in [0.15, 0.2) is 0 Å². The minimum atomic E-state index is 0.0940. The molecule has 3 N–H and O–H groups in total. The lowest BCUT2D eigenvalue weighted by molar-refractivity contribution is -0.653. The van der Waals surface area contributed by atoms with Gasteiger partial charge in [0, 0.05) is 28.4 Å². The van der Waals surface area contributed by atoms with Gasteiger partial charge in [-0.3, -0.25) is 0 Å². The number of allylic oxidation sites excluding steroid dienone is 1. The number of aromatic amines is 1. The molecule has 1 aliphatic carbocycles. The smallest absolute Gasteiger partial charge is 0.0785 e. The molecule has 0 radical (unpaired) electrons. The Hall–Kier alpha value is -1.80. The molecule has 1 aromatic heterocycles. The molecule has 0 bridgehead atoms. The summed E-state index contributed by atoms with van der Waals surface area (Å²) in [7, 11) is 4.17. The first-order valence-electron chi connectivity index (χ1n) is 8.49. The number of aromatic nitrogens is 1. The molecule has 2 nitrogen and oxygen atoms in total. The number of hydrogen-bond acceptors (Lipinski definition) is 0. The average molecular weight is 308 g/mol. The molecule has 1 aliphatic rings. The molecular weight excluding hydrogens is 280 g/mol. The Morgan fingerprint density at radius 2 is 2.17 bits per heavy atom. The number of H-pyrrole nitrogens is 1. The molecule has 0 aliphatic heterocycles. The van der Waals surface area contributed by atoms with E-state index in [0.717, 1.165) is 12.8 Å². The Labute approximate surface area is 139 Å². The van der Waals surface area contributed by atoms with Gasteiger partial charge >= 0.3 is 0 Å². The van der Waals surface area contributed by atoms with Gasteiger partial charge in [0.25, 0.3) is 0 Å². The molecular formula is C21H28N2. The van der Waals surface area contributed by atoms with Crippen LogP contribution in [0.1, 0.15) is 38.2 Å². The fraction of sp³-hybridized carbons (Fsp3) is 0.381. The Bertz CT molecular complexity index is 726. The number of quaternary nitrogens is 1. The van der Waals surface area contributed by atoms with E-state index in [0.29, 0.717) is 17.9 Å². The monoisotopic (exact) mass is 308 g/mol. The van der Waals surface area contributed by atoms with Crippen LogP contribution >= 0.6 is 0 Å². The van der Waals surface area contributed by atoms with Crippen LogP contribution in [0.3, 0.4) is 0 Å². The van der Waals surface area contributed by atoms with E-state index in [-0.39, 0.29) is 5.41 Å². The first kappa shape index (κ1) is 16.1. The summed E-state index contributed by atoms with van der Waals surface area (Å²) in [6, 6.07) is 8.94. The predicted molar refractivity (Wildman–Crippen MR) is 98.0 cm³/mol. The SMILES string of the molecule is C=C[C@@]1(C)CC[C@H](C(=C)C)[C@@H](c2c[nH]c3ccccc23)[C@H]1[NH2+][CH2-]. The average Bonchev–Trinajstić information content (AvgIpc) is 2.97. The molecule has 4 atom stereocenters. The maximum atomic E-state index is 4.29. The summed E-state index contributed by atoms with van der Waals surface area (Å²) in [6.07, 6.45) is 6.63. The topological polar surface area (TPSA) is 32.4 Å². The van der Waals surface area contributed by atoms with Crippen LogP contribution in [0.2, 0.25) is 0 Å². The fourth-order valence-electron chi connectivity index (χ4n) is 4.46. The van der Waals surface area contributed by atoms with Gasteiger partial charge in [0.1, 0.15) is 0 Å². The zero-order valence-corrected chi connectivity index (χ0v) is 14.3. The second kappa shape index (κ2) is 6.01. The van der Waals surface area contributed by atoms with Crippen LogP contribution in [0, 0.1) is 18.4 Å². The Balaban J connectivity index is 2.16. The van der Waals surface area contributed by atoms with Crippen molar-refractivity contribution in [3.8, 4) is 0 Å². The molecule has 2 aromatic rings. The molecule has 23 heavy (non-hydrogen) atoms. The highest BCUT2D eigenvalue weighted by Crippen LogP contribution is 2.49. The summed E-state index contributed by atoms with van der Waals surface area (Å²) in [6.45, 7) is 12.9. The van der Waals surface area contributed by atoms with Gasteiger partial charge in [-0.05, 0) is 37.3 Å². The zero-order chi connectivity index (χ0) is 16.6. The third kappa shape index (κ3) is 2.55. The maximum absolute atomic E-state index is 4.29. The first-order valence-corrected chi connectivity index (χ1v) is 8.49. The second-order valence-corrected chi connectivity index (χ2v) is 7.28. The van der Waals surface area contributed by atoms with E-state index >= 15 is 0 Å². The Morgan fingerprint density at radius 1 is 1.43 bits per heavy atom. The molecule has 2 heteroatoms. The normalized spacial score (nSPS) is 31.2. The number of hydrogen-bond donors (Lipinski definition) is 2. The summed E-state index contributed by atoms with van der Waals surface area (Å²) in [5.74, 6) is 0.892. The van der Waals surface area contributed by atoms with E-state index in [1.165, 1.54) is 22.0 Å². The highest BCUT2D eigenvalue weighted by molar-refractivity contribution is 5.83. The number of nitrogens with one attached hydrogen (secondary N) is 1. The van der Waals surface area contributed by atoms with Crippen molar-refractivity contribution >= 4 is 10.9 Å². The Morgan fingerprint density at radius 3 is 2.83 bits per heavy atom. The summed E-state index contributed by atoms with van der Waals surface area (Å²) < 4.78 is 0. The molecule has 0 unspecified atom stereocenters. The van der Waals surface area contributed by atoms with Crippen molar-refractivity contribution in [3.05, 3.63) is 67.9 Å². The number of fused-ring (bicyclic) bond motifs is 1. The van der Waals surface area contributed by atoms with E-state index in [1.54, 1.807) is 0 Å². The van der Waals surface area contributed by atoms with E-state index in [2.05, 4.69) is 80.9 Å². The van der Waals surface area contributed by atoms with Crippen molar-refractivity contribution in [1.82, 2.24) is 4.98 Å². The van der Waals surface area contributed by atoms with E-state index in [1.807, 2.05) is 0 Å². The highest BCUT2D eigenvalue weighted by Gasteiger charge is 2.47. The second-order valence-electron chi connectivity index (χ2n) is 7.28. The lowest BCUT2D eigenvalue weighted by atomic mass is 9.59. The third-order valence-corrected chi connectivity index (χ3v) is 5.91. The minimum absolute atomic E-state index is 0.0940. The molecule has 1 aromatic carbocycles. The van der Waals surface area contributed by atoms with Gasteiger partial charge in [-0.25, -0.2) is 0 Å². The van der Waals surface area contributed by atoms with Crippen molar-refractivity contribution < 1.29 is 5.32 Å². The van der Waals surface area contributed by atoms with Crippen molar-refractivity contribution in [2.75, 3.05) is 0 Å². The Kier molecular flexibility index (Phi) is 4.20. The minimum Gasteiger partial charge on any atom is -0.475 e. The van der Waals surface area contributed by atoms with Crippen LogP contribution < -0.4 is 5.32 Å². The maximum Gasteiger partial charge on any atom is 0.0785 e. The van der Waals surface area contributed by atoms with Crippen molar-refractivity contribution in [2.45, 2.75) is 38.6 Å². The summed E-state index contributed by atoms with van der Waals surface area (Å²) >= 11 is 0. The third-order valence-electron chi connectivity index (χ3n) is 5.91. The molecule has 0 saturated heterocycles. The summed E-state index contributed by atoms with van der Waals surface area (Å²) in [5, 5.41) is 3.47. The quantitative estimate of drug-likeness (QED) is 0.628. The molecule has 1 saturated carbocycles. The molecule has 122 valence electrons. The van der Waals surface area contributed by atoms with Crippen molar-refractivity contribution in [1.29, 1.82) is 0 Å². The van der Waals surface area contributed by atoms with Crippen LogP contribution in [-0.2, 0) is 0 Å². The lowest BCUT2D eigenvalue weighted by Crippen LogP contribution is -2.89. The van der Waals surface area contributed by atoms with Gasteiger partial charge in [-0.2, -0.15) is 7.05 Å². The largest absolute Gasteiger partial charge is 0.475 e. The number of benzene rings is 1. The van der Waals surface area contributed by atoms with Gasteiger partial charge < -0.3 is 10.3 Å². The molecule has 1 fully saturated rings. The first-order chi connectivity index (χ1) is 11.0. The van der Waals surface area contributed by atoms with Gasteiger partial charge in [-0.15, -0.1) is 6.58 Å². The van der Waals surface area contributed by atoms with Crippen molar-refractivity contribution in [2.24, 2.45) is 11.3 Å². The number of para-hydroxylation sites is 1. The predicted octanol–water partition coefficient (Wildman–Crippen LogP) is 4.15. The van der Waals surface area contributed by atoms with E-state index in [9.17, 15) is 0 Å². The van der Waals surface area contributed by atoms with Crippen molar-refractivity contribution in [3.63, 3.8) is 0 Å². The molecule has 1 heterocycles. The van der Waals surface area contributed by atoms with Gasteiger partial charge in [-0.1, -0.05) is 43.4 Å². The lowest BCUT2D eigenvalue weighted by Gasteiger charge is -2.47. The van der Waals surface area contributed by atoms with E-state index in [4.69, 9.17) is 0 Å². The molecule has 3 rings (SSSR count). The number of nitrogens with two attached hydrogens (primary N) is 1. The molecule has 0 amide bonds. The zero-order valence-electron chi connectivity index (χ0n) is 14.3. The number of rotatable bonds is 4. The van der Waals surface area contributed by atoms with Gasteiger partial charge in [0.05, 0.1) is 6.04 Å². The summed E-state index contributed by atoms with van der Waals surface area (Å²) in [5.41, 5.74) is 3.97. The molecule has 0 spiro atoms. The highest BCUT2D eigenvalue weighted by atomic mass is 14.9. The fourth-order valence-corrected chi connectivity index (χ4v) is 4.46. The standard InChI is InChI=1S/C21H28N2/c1-6-21(4)12-11-15(14(2)3)19(20(21)22-5)17-13-23-18-10-8-7-9-16(17)18/h6-10,13,15,19-20,23H,1-2,5,11-12,22H2,3-4H3/t15-,19+,20-,21+/m1/s1. The van der Waals surface area contributed by atoms with Crippen LogP contribution in [0.4, 0.5) is 0 Å². The van der Waals surface area contributed by atoms with Crippen LogP contribution in [0.5, 0.6) is 0 Å².